The molecule has 3 rings (SSSR count). The minimum atomic E-state index is 0.571. The van der Waals surface area contributed by atoms with E-state index in [1.807, 2.05) is 18.2 Å². The highest BCUT2D eigenvalue weighted by atomic mass is 127. The Morgan fingerprint density at radius 3 is 2.50 bits per heavy atom. The van der Waals surface area contributed by atoms with E-state index in [1.54, 1.807) is 0 Å². The quantitative estimate of drug-likeness (QED) is 0.823. The number of benzene rings is 1. The fourth-order valence-electron chi connectivity index (χ4n) is 2.86. The van der Waals surface area contributed by atoms with Gasteiger partial charge in [0.25, 0.3) is 0 Å². The van der Waals surface area contributed by atoms with E-state index in [-0.39, 0.29) is 0 Å². The van der Waals surface area contributed by atoms with Crippen molar-refractivity contribution < 1.29 is 0 Å². The monoisotopic (exact) mass is 379 g/mol. The van der Waals surface area contributed by atoms with Crippen molar-refractivity contribution in [3.8, 4) is 0 Å². The second-order valence-electron chi connectivity index (χ2n) is 5.37. The van der Waals surface area contributed by atoms with Crippen LogP contribution in [0.3, 0.4) is 0 Å². The smallest absolute Gasteiger partial charge is 0.140 e. The number of nitrogens with zero attached hydrogens (tertiary/aromatic N) is 2. The minimum absolute atomic E-state index is 0.571. The molecule has 0 aliphatic heterocycles. The van der Waals surface area contributed by atoms with Crippen LogP contribution in [-0.2, 0) is 6.42 Å². The molecular formula is C16H18IN3. The summed E-state index contributed by atoms with van der Waals surface area (Å²) in [5.41, 5.74) is 8.48. The normalized spacial score (nSPS) is 15.7. The number of anilines is 1. The molecule has 2 aromatic rings. The second kappa shape index (κ2) is 6.08. The second-order valence-corrected chi connectivity index (χ2v) is 6.45. The molecule has 0 saturated heterocycles. The first-order valence-electron chi connectivity index (χ1n) is 7.10. The molecule has 3 nitrogen and oxygen atoms in total. The Labute approximate surface area is 133 Å². The molecule has 1 aromatic heterocycles. The van der Waals surface area contributed by atoms with Gasteiger partial charge in [-0.15, -0.1) is 0 Å². The Hall–Kier alpha value is -1.17. The molecular weight excluding hydrogens is 361 g/mol. The lowest BCUT2D eigenvalue weighted by Gasteiger charge is -2.14. The predicted octanol–water partition coefficient (Wildman–Crippen LogP) is 3.91. The van der Waals surface area contributed by atoms with Gasteiger partial charge in [0, 0.05) is 12.3 Å². The highest BCUT2D eigenvalue weighted by molar-refractivity contribution is 14.1. The Morgan fingerprint density at radius 1 is 1.10 bits per heavy atom. The fraction of sp³-hybridized carbons (Fsp3) is 0.375. The summed E-state index contributed by atoms with van der Waals surface area (Å²) in [6.07, 6.45) is 5.83. The van der Waals surface area contributed by atoms with Gasteiger partial charge in [0.2, 0.25) is 0 Å². The van der Waals surface area contributed by atoms with Gasteiger partial charge in [0.1, 0.15) is 11.6 Å². The van der Waals surface area contributed by atoms with Crippen LogP contribution in [0.1, 0.15) is 48.7 Å². The van der Waals surface area contributed by atoms with Gasteiger partial charge in [-0.2, -0.15) is 0 Å². The molecule has 104 valence electrons. The van der Waals surface area contributed by atoms with Crippen LogP contribution in [0.4, 0.5) is 5.82 Å². The van der Waals surface area contributed by atoms with E-state index in [9.17, 15) is 0 Å². The van der Waals surface area contributed by atoms with Crippen molar-refractivity contribution in [1.82, 2.24) is 9.97 Å². The fourth-order valence-corrected chi connectivity index (χ4v) is 3.54. The summed E-state index contributed by atoms with van der Waals surface area (Å²) in [4.78, 5) is 9.27. The van der Waals surface area contributed by atoms with Crippen molar-refractivity contribution in [3.63, 3.8) is 0 Å². The summed E-state index contributed by atoms with van der Waals surface area (Å²) in [7, 11) is 0. The summed E-state index contributed by atoms with van der Waals surface area (Å²) < 4.78 is 1.05. The van der Waals surface area contributed by atoms with Crippen LogP contribution in [-0.4, -0.2) is 9.97 Å². The average Bonchev–Trinajstić information content (AvgIpc) is 2.98. The molecule has 0 atom stereocenters. The predicted molar refractivity (Wildman–Crippen MR) is 89.6 cm³/mol. The number of nitrogen functional groups attached to an aromatic ring is 1. The van der Waals surface area contributed by atoms with Gasteiger partial charge in [0.15, 0.2) is 0 Å². The zero-order valence-electron chi connectivity index (χ0n) is 11.3. The Morgan fingerprint density at radius 2 is 1.80 bits per heavy atom. The van der Waals surface area contributed by atoms with Crippen molar-refractivity contribution in [3.05, 3.63) is 51.0 Å². The lowest BCUT2D eigenvalue weighted by Crippen LogP contribution is -2.10. The molecule has 0 spiro atoms. The molecule has 0 radical (unpaired) electrons. The summed E-state index contributed by atoms with van der Waals surface area (Å²) in [5, 5.41) is 0. The van der Waals surface area contributed by atoms with Crippen LogP contribution >= 0.6 is 22.6 Å². The van der Waals surface area contributed by atoms with E-state index >= 15 is 0 Å². The lowest BCUT2D eigenvalue weighted by atomic mass is 10.0. The first kappa shape index (κ1) is 13.8. The summed E-state index contributed by atoms with van der Waals surface area (Å²) in [6.45, 7) is 0. The van der Waals surface area contributed by atoms with Crippen molar-refractivity contribution in [1.29, 1.82) is 0 Å². The third-order valence-electron chi connectivity index (χ3n) is 3.90. The molecule has 1 heterocycles. The molecule has 4 heteroatoms. The van der Waals surface area contributed by atoms with Crippen LogP contribution in [0, 0.1) is 3.57 Å². The van der Waals surface area contributed by atoms with E-state index in [1.165, 1.54) is 36.9 Å². The number of rotatable bonds is 3. The Bertz CT molecular complexity index is 592. The lowest BCUT2D eigenvalue weighted by molar-refractivity contribution is 0.682. The van der Waals surface area contributed by atoms with Gasteiger partial charge in [-0.3, -0.25) is 0 Å². The van der Waals surface area contributed by atoms with Gasteiger partial charge in [-0.05, 0) is 41.0 Å². The topological polar surface area (TPSA) is 51.8 Å². The Kier molecular flexibility index (Phi) is 4.19. The summed E-state index contributed by atoms with van der Waals surface area (Å²) >= 11 is 2.29. The van der Waals surface area contributed by atoms with E-state index in [2.05, 4.69) is 39.7 Å². The number of nitrogens with two attached hydrogens (primary N) is 1. The zero-order valence-corrected chi connectivity index (χ0v) is 13.5. The van der Waals surface area contributed by atoms with Crippen molar-refractivity contribution in [2.24, 2.45) is 0 Å². The third kappa shape index (κ3) is 2.95. The summed E-state index contributed by atoms with van der Waals surface area (Å²) in [5.74, 6) is 2.05. The standard InChI is InChI=1S/C16H18IN3/c17-14-15(12-8-4-5-9-12)19-13(20-16(14)18)10-11-6-2-1-3-7-11/h1-3,6-7,12H,4-5,8-10H2,(H2,18,19,20). The van der Waals surface area contributed by atoms with Gasteiger partial charge in [0.05, 0.1) is 9.26 Å². The maximum Gasteiger partial charge on any atom is 0.140 e. The Balaban J connectivity index is 1.92. The number of hydrogen-bond acceptors (Lipinski definition) is 3. The van der Waals surface area contributed by atoms with Crippen LogP contribution < -0.4 is 5.73 Å². The first-order chi connectivity index (χ1) is 9.74. The maximum atomic E-state index is 6.08. The molecule has 1 aliphatic rings. The molecule has 0 amide bonds. The van der Waals surface area contributed by atoms with Crippen molar-refractivity contribution >= 4 is 28.4 Å². The SMILES string of the molecule is Nc1nc(Cc2ccccc2)nc(C2CCCC2)c1I. The van der Waals surface area contributed by atoms with Gasteiger partial charge < -0.3 is 5.73 Å². The molecule has 20 heavy (non-hydrogen) atoms. The summed E-state index contributed by atoms with van der Waals surface area (Å²) in [6, 6.07) is 10.3. The van der Waals surface area contributed by atoms with E-state index in [0.717, 1.165) is 15.8 Å². The van der Waals surface area contributed by atoms with Gasteiger partial charge in [-0.25, -0.2) is 9.97 Å². The van der Waals surface area contributed by atoms with Crippen molar-refractivity contribution in [2.75, 3.05) is 5.73 Å². The van der Waals surface area contributed by atoms with Gasteiger partial charge in [-0.1, -0.05) is 43.2 Å². The molecule has 1 fully saturated rings. The number of hydrogen-bond donors (Lipinski definition) is 1. The van der Waals surface area contributed by atoms with Crippen LogP contribution in [0.5, 0.6) is 0 Å². The van der Waals surface area contributed by atoms with Crippen LogP contribution in [0.25, 0.3) is 0 Å². The molecule has 1 saturated carbocycles. The largest absolute Gasteiger partial charge is 0.383 e. The first-order valence-corrected chi connectivity index (χ1v) is 8.17. The van der Waals surface area contributed by atoms with Crippen LogP contribution in [0.2, 0.25) is 0 Å². The van der Waals surface area contributed by atoms with E-state index in [0.29, 0.717) is 11.7 Å². The molecule has 1 aliphatic carbocycles. The molecule has 0 unspecified atom stereocenters. The number of aromatic nitrogens is 2. The molecule has 1 aromatic carbocycles. The third-order valence-corrected chi connectivity index (χ3v) is 5.00. The average molecular weight is 379 g/mol. The maximum absolute atomic E-state index is 6.08. The van der Waals surface area contributed by atoms with E-state index in [4.69, 9.17) is 10.7 Å². The van der Waals surface area contributed by atoms with E-state index < -0.39 is 0 Å². The van der Waals surface area contributed by atoms with Crippen molar-refractivity contribution in [2.45, 2.75) is 38.0 Å². The highest BCUT2D eigenvalue weighted by Crippen LogP contribution is 2.36. The molecule has 2 N–H and O–H groups in total. The minimum Gasteiger partial charge on any atom is -0.383 e. The zero-order chi connectivity index (χ0) is 13.9. The van der Waals surface area contributed by atoms with Crippen LogP contribution in [0.15, 0.2) is 30.3 Å². The molecule has 0 bridgehead atoms. The highest BCUT2D eigenvalue weighted by Gasteiger charge is 2.23. The van der Waals surface area contributed by atoms with Gasteiger partial charge >= 0.3 is 0 Å². The number of halogens is 1.